The summed E-state index contributed by atoms with van der Waals surface area (Å²) in [5.41, 5.74) is 3.61. The van der Waals surface area contributed by atoms with Gasteiger partial charge in [0, 0.05) is 25.2 Å². The van der Waals surface area contributed by atoms with Gasteiger partial charge in [0.2, 0.25) is 5.95 Å². The van der Waals surface area contributed by atoms with Gasteiger partial charge in [0.05, 0.1) is 12.6 Å². The maximum Gasteiger partial charge on any atom is 0.207 e. The molecule has 0 spiro atoms. The van der Waals surface area contributed by atoms with Crippen LogP contribution in [0.25, 0.3) is 0 Å². The number of aromatic nitrogens is 2. The summed E-state index contributed by atoms with van der Waals surface area (Å²) in [6, 6.07) is 6.49. The molecule has 0 aliphatic heterocycles. The van der Waals surface area contributed by atoms with Gasteiger partial charge < -0.3 is 14.6 Å². The highest BCUT2D eigenvalue weighted by molar-refractivity contribution is 5.60. The second kappa shape index (κ2) is 5.89. The Kier molecular flexibility index (Phi) is 4.22. The molecular weight excluding hydrogens is 238 g/mol. The predicted octanol–water partition coefficient (Wildman–Crippen LogP) is 3.45. The fourth-order valence-corrected chi connectivity index (χ4v) is 2.09. The quantitative estimate of drug-likeness (QED) is 0.894. The van der Waals surface area contributed by atoms with E-state index in [1.807, 2.05) is 6.20 Å². The second-order valence-electron chi connectivity index (χ2n) is 4.83. The molecule has 19 heavy (non-hydrogen) atoms. The molecule has 0 aliphatic rings. The van der Waals surface area contributed by atoms with E-state index in [1.165, 1.54) is 11.1 Å². The maximum atomic E-state index is 5.20. The molecule has 0 saturated heterocycles. The topological polar surface area (TPSA) is 39.1 Å². The highest BCUT2D eigenvalue weighted by Crippen LogP contribution is 2.23. The van der Waals surface area contributed by atoms with Crippen LogP contribution in [0.5, 0.6) is 0 Å². The van der Waals surface area contributed by atoms with Crippen molar-refractivity contribution in [2.45, 2.75) is 26.8 Å². The Morgan fingerprint density at radius 3 is 2.89 bits per heavy atom. The Morgan fingerprint density at radius 1 is 1.37 bits per heavy atom. The normalized spacial score (nSPS) is 12.4. The van der Waals surface area contributed by atoms with Gasteiger partial charge in [0.15, 0.2) is 0 Å². The molecule has 1 N–H and O–H groups in total. The van der Waals surface area contributed by atoms with Gasteiger partial charge in [-0.2, -0.15) is 0 Å². The smallest absolute Gasteiger partial charge is 0.207 e. The van der Waals surface area contributed by atoms with E-state index in [-0.39, 0.29) is 6.04 Å². The summed E-state index contributed by atoms with van der Waals surface area (Å²) in [6.45, 7) is 7.00. The fourth-order valence-electron chi connectivity index (χ4n) is 2.09. The third kappa shape index (κ3) is 2.96. The first-order valence-corrected chi connectivity index (χ1v) is 6.48. The highest BCUT2D eigenvalue weighted by atomic mass is 16.5. The van der Waals surface area contributed by atoms with Gasteiger partial charge >= 0.3 is 0 Å². The molecule has 0 bridgehead atoms. The number of hydrogen-bond donors (Lipinski definition) is 1. The van der Waals surface area contributed by atoms with Crippen LogP contribution in [0.15, 0.2) is 30.6 Å². The summed E-state index contributed by atoms with van der Waals surface area (Å²) in [7, 11) is 1.71. The zero-order chi connectivity index (χ0) is 13.8. The molecule has 4 heteroatoms. The number of imidazole rings is 1. The number of nitrogens with one attached hydrogen (secondary N) is 1. The molecule has 0 saturated carbocycles. The van der Waals surface area contributed by atoms with Gasteiger partial charge in [0.25, 0.3) is 0 Å². The van der Waals surface area contributed by atoms with Crippen LogP contribution in [-0.2, 0) is 4.74 Å². The standard InChI is InChI=1S/C15H21N3O/c1-11-6-5-7-14(13(11)3)17-15-16-8-9-18(15)12(2)10-19-4/h5-9,12H,10H2,1-4H3,(H,16,17). The first-order valence-electron chi connectivity index (χ1n) is 6.48. The number of hydrogen-bond acceptors (Lipinski definition) is 3. The van der Waals surface area contributed by atoms with Crippen LogP contribution in [0.4, 0.5) is 11.6 Å². The van der Waals surface area contributed by atoms with E-state index in [4.69, 9.17) is 4.74 Å². The van der Waals surface area contributed by atoms with Crippen LogP contribution >= 0.6 is 0 Å². The van der Waals surface area contributed by atoms with Crippen LogP contribution in [0.2, 0.25) is 0 Å². The van der Waals surface area contributed by atoms with Crippen molar-refractivity contribution in [3.05, 3.63) is 41.7 Å². The molecule has 1 heterocycles. The Morgan fingerprint density at radius 2 is 2.16 bits per heavy atom. The van der Waals surface area contributed by atoms with E-state index in [2.05, 4.69) is 53.8 Å². The Balaban J connectivity index is 2.24. The first kappa shape index (κ1) is 13.6. The number of aryl methyl sites for hydroxylation is 1. The summed E-state index contributed by atoms with van der Waals surface area (Å²) in [4.78, 5) is 4.38. The largest absolute Gasteiger partial charge is 0.383 e. The molecule has 102 valence electrons. The first-order chi connectivity index (χ1) is 9.13. The molecule has 1 aromatic heterocycles. The summed E-state index contributed by atoms with van der Waals surface area (Å²) >= 11 is 0. The third-order valence-corrected chi connectivity index (χ3v) is 3.40. The van der Waals surface area contributed by atoms with Crippen LogP contribution in [0.1, 0.15) is 24.1 Å². The van der Waals surface area contributed by atoms with E-state index in [1.54, 1.807) is 13.3 Å². The number of methoxy groups -OCH3 is 1. The van der Waals surface area contributed by atoms with Gasteiger partial charge in [-0.3, -0.25) is 0 Å². The average molecular weight is 259 g/mol. The molecule has 4 nitrogen and oxygen atoms in total. The summed E-state index contributed by atoms with van der Waals surface area (Å²) in [6.07, 6.45) is 3.77. The molecule has 0 amide bonds. The Bertz CT molecular complexity index is 548. The monoisotopic (exact) mass is 259 g/mol. The fraction of sp³-hybridized carbons (Fsp3) is 0.400. The SMILES string of the molecule is COCC(C)n1ccnc1Nc1cccc(C)c1C. The van der Waals surface area contributed by atoms with Crippen molar-refractivity contribution in [3.63, 3.8) is 0 Å². The van der Waals surface area contributed by atoms with Crippen LogP contribution in [-0.4, -0.2) is 23.3 Å². The lowest BCUT2D eigenvalue weighted by Gasteiger charge is -2.17. The van der Waals surface area contributed by atoms with Crippen molar-refractivity contribution >= 4 is 11.6 Å². The minimum absolute atomic E-state index is 0.250. The number of benzene rings is 1. The number of anilines is 2. The molecule has 0 radical (unpaired) electrons. The third-order valence-electron chi connectivity index (χ3n) is 3.40. The Labute approximate surface area is 114 Å². The minimum atomic E-state index is 0.250. The van der Waals surface area contributed by atoms with Crippen LogP contribution in [0.3, 0.4) is 0 Å². The maximum absolute atomic E-state index is 5.20. The van der Waals surface area contributed by atoms with Crippen LogP contribution in [0, 0.1) is 13.8 Å². The average Bonchev–Trinajstić information content (AvgIpc) is 2.83. The van der Waals surface area contributed by atoms with Gasteiger partial charge in [-0.25, -0.2) is 4.98 Å². The predicted molar refractivity (Wildman–Crippen MR) is 78.0 cm³/mol. The minimum Gasteiger partial charge on any atom is -0.383 e. The molecule has 0 fully saturated rings. The zero-order valence-electron chi connectivity index (χ0n) is 12.0. The molecule has 2 rings (SSSR count). The van der Waals surface area contributed by atoms with Gasteiger partial charge in [-0.05, 0) is 38.0 Å². The summed E-state index contributed by atoms with van der Waals surface area (Å²) < 4.78 is 7.29. The summed E-state index contributed by atoms with van der Waals surface area (Å²) in [5.74, 6) is 0.846. The number of rotatable bonds is 5. The van der Waals surface area contributed by atoms with Gasteiger partial charge in [0.1, 0.15) is 0 Å². The lowest BCUT2D eigenvalue weighted by atomic mass is 10.1. The lowest BCUT2D eigenvalue weighted by Crippen LogP contribution is -2.13. The van der Waals surface area contributed by atoms with Crippen molar-refractivity contribution in [2.75, 3.05) is 19.0 Å². The lowest BCUT2D eigenvalue weighted by molar-refractivity contribution is 0.163. The molecule has 1 atom stereocenters. The van der Waals surface area contributed by atoms with E-state index in [0.717, 1.165) is 11.6 Å². The van der Waals surface area contributed by atoms with E-state index in [0.29, 0.717) is 6.61 Å². The molecule has 2 aromatic rings. The van der Waals surface area contributed by atoms with Crippen molar-refractivity contribution in [2.24, 2.45) is 0 Å². The second-order valence-corrected chi connectivity index (χ2v) is 4.83. The molecular formula is C15H21N3O. The number of ether oxygens (including phenoxy) is 1. The zero-order valence-corrected chi connectivity index (χ0v) is 12.0. The molecule has 1 unspecified atom stereocenters. The van der Waals surface area contributed by atoms with E-state index < -0.39 is 0 Å². The molecule has 1 aromatic carbocycles. The van der Waals surface area contributed by atoms with Crippen molar-refractivity contribution < 1.29 is 4.74 Å². The number of nitrogens with zero attached hydrogens (tertiary/aromatic N) is 2. The van der Waals surface area contributed by atoms with E-state index in [9.17, 15) is 0 Å². The highest BCUT2D eigenvalue weighted by Gasteiger charge is 2.11. The van der Waals surface area contributed by atoms with Gasteiger partial charge in [-0.1, -0.05) is 12.1 Å². The van der Waals surface area contributed by atoms with Crippen molar-refractivity contribution in [1.29, 1.82) is 0 Å². The van der Waals surface area contributed by atoms with Crippen LogP contribution < -0.4 is 5.32 Å². The van der Waals surface area contributed by atoms with Crippen molar-refractivity contribution in [3.8, 4) is 0 Å². The molecule has 0 aliphatic carbocycles. The van der Waals surface area contributed by atoms with Gasteiger partial charge in [-0.15, -0.1) is 0 Å². The Hall–Kier alpha value is -1.81. The van der Waals surface area contributed by atoms with Crippen molar-refractivity contribution in [1.82, 2.24) is 9.55 Å². The summed E-state index contributed by atoms with van der Waals surface area (Å²) in [5, 5.41) is 3.40. The van der Waals surface area contributed by atoms with E-state index >= 15 is 0 Å².